The lowest BCUT2D eigenvalue weighted by Gasteiger charge is -2.57. The van der Waals surface area contributed by atoms with Gasteiger partial charge in [-0.1, -0.05) is 55.8 Å². The Morgan fingerprint density at radius 3 is 2.62 bits per heavy atom. The van der Waals surface area contributed by atoms with Gasteiger partial charge >= 0.3 is 0 Å². The summed E-state index contributed by atoms with van der Waals surface area (Å²) in [5.41, 5.74) is 6.39. The molecule has 1 aromatic heterocycles. The average molecular weight is 462 g/mol. The summed E-state index contributed by atoms with van der Waals surface area (Å²) in [6, 6.07) is 3.33. The van der Waals surface area contributed by atoms with Gasteiger partial charge in [-0.3, -0.25) is 4.99 Å². The maximum atomic E-state index is 13.3. The number of allylic oxidation sites excluding steroid dienone is 6. The van der Waals surface area contributed by atoms with Crippen LogP contribution < -0.4 is 0 Å². The molecule has 1 N–H and O–H groups in total. The molecule has 2 fully saturated rings. The summed E-state index contributed by atoms with van der Waals surface area (Å²) in [5.74, 6) is 1.26. The molecule has 5 atom stereocenters. The Kier molecular flexibility index (Phi) is 6.75. The quantitative estimate of drug-likeness (QED) is 0.216. The van der Waals surface area contributed by atoms with Crippen molar-refractivity contribution in [1.82, 2.24) is 4.98 Å². The molecule has 5 rings (SSSR count). The van der Waals surface area contributed by atoms with Crippen LogP contribution in [0.3, 0.4) is 0 Å². The summed E-state index contributed by atoms with van der Waals surface area (Å²) < 4.78 is 13.3. The Morgan fingerprint density at radius 1 is 1.21 bits per heavy atom. The lowest BCUT2D eigenvalue weighted by Crippen LogP contribution is -2.49. The number of nitrogens with zero attached hydrogens (tertiary/aromatic N) is 3. The van der Waals surface area contributed by atoms with Crippen molar-refractivity contribution in [3.05, 3.63) is 72.0 Å². The van der Waals surface area contributed by atoms with Crippen LogP contribution in [0.2, 0.25) is 0 Å². The number of aliphatic imine (C=N–C) groups is 1. The van der Waals surface area contributed by atoms with E-state index in [1.165, 1.54) is 29.8 Å². The van der Waals surface area contributed by atoms with E-state index in [0.717, 1.165) is 37.0 Å². The van der Waals surface area contributed by atoms with Crippen molar-refractivity contribution in [3.8, 4) is 0 Å². The molecule has 0 aromatic carbocycles. The highest BCUT2D eigenvalue weighted by atomic mass is 19.1. The van der Waals surface area contributed by atoms with Crippen LogP contribution in [0.25, 0.3) is 5.57 Å². The molecule has 0 amide bonds. The Balaban J connectivity index is 0.000000499. The van der Waals surface area contributed by atoms with Crippen molar-refractivity contribution in [2.75, 3.05) is 0 Å². The average Bonchev–Trinajstić information content (AvgIpc) is 3.18. The molecule has 4 nitrogen and oxygen atoms in total. The van der Waals surface area contributed by atoms with Crippen molar-refractivity contribution in [2.45, 2.75) is 59.8 Å². The van der Waals surface area contributed by atoms with Gasteiger partial charge in [0.1, 0.15) is 0 Å². The number of aromatic nitrogens is 1. The topological polar surface area (TPSA) is 57.8 Å². The fourth-order valence-corrected chi connectivity index (χ4v) is 7.12. The van der Waals surface area contributed by atoms with E-state index >= 15 is 0 Å². The fraction of sp³-hybridized carbons (Fsp3) is 0.483. The van der Waals surface area contributed by atoms with Crippen LogP contribution in [-0.2, 0) is 0 Å². The molecule has 180 valence electrons. The number of hydrogen-bond donors (Lipinski definition) is 1. The number of hydrogen-bond acceptors (Lipinski definition) is 4. The fourth-order valence-electron chi connectivity index (χ4n) is 7.12. The molecule has 34 heavy (non-hydrogen) atoms. The van der Waals surface area contributed by atoms with E-state index in [4.69, 9.17) is 0 Å². The molecular formula is C29H36FN3O. The Labute approximate surface area is 202 Å². The van der Waals surface area contributed by atoms with Crippen LogP contribution in [0.5, 0.6) is 0 Å². The Bertz CT molecular complexity index is 1100. The number of oxime groups is 1. The highest BCUT2D eigenvalue weighted by Crippen LogP contribution is 2.66. The summed E-state index contributed by atoms with van der Waals surface area (Å²) in [6.45, 7) is 12.3. The third kappa shape index (κ3) is 3.99. The van der Waals surface area contributed by atoms with Crippen LogP contribution >= 0.6 is 0 Å². The minimum atomic E-state index is -0.425. The molecule has 5 unspecified atom stereocenters. The maximum Gasteiger partial charge on any atom is 0.212 e. The summed E-state index contributed by atoms with van der Waals surface area (Å²) in [7, 11) is 0. The second kappa shape index (κ2) is 9.44. The monoisotopic (exact) mass is 461 g/mol. The highest BCUT2D eigenvalue weighted by molar-refractivity contribution is 5.96. The first-order valence-corrected chi connectivity index (χ1v) is 12.3. The number of fused-ring (bicyclic) bond motifs is 5. The molecule has 4 aliphatic rings. The van der Waals surface area contributed by atoms with Gasteiger partial charge in [-0.25, -0.2) is 4.98 Å². The van der Waals surface area contributed by atoms with E-state index in [9.17, 15) is 9.60 Å². The minimum Gasteiger partial charge on any atom is -0.411 e. The first kappa shape index (κ1) is 24.3. The van der Waals surface area contributed by atoms with Crippen molar-refractivity contribution < 1.29 is 9.60 Å². The lowest BCUT2D eigenvalue weighted by molar-refractivity contribution is 0.0532. The zero-order valence-corrected chi connectivity index (χ0v) is 20.8. The number of rotatable bonds is 2. The predicted octanol–water partition coefficient (Wildman–Crippen LogP) is 7.39. The smallest absolute Gasteiger partial charge is 0.212 e. The van der Waals surface area contributed by atoms with Gasteiger partial charge in [-0.2, -0.15) is 4.39 Å². The maximum absolute atomic E-state index is 13.3. The van der Waals surface area contributed by atoms with Crippen molar-refractivity contribution in [2.24, 2.45) is 38.7 Å². The predicted molar refractivity (Wildman–Crippen MR) is 137 cm³/mol. The molecule has 1 aromatic rings. The first-order valence-electron chi connectivity index (χ1n) is 12.3. The standard InChI is InChI=1S/C25H29FN2O.C4H7N/c1-15-12-18-20-6-5-19(16-4-7-23(26)27-14-16)24(20,2)11-9-21(18)25(3)10-8-17(28-29)13-22(15)25;1-3-5-4-2/h4-7,13-15,18,21,29H,8-12H2,1-3H3;3-4H,1H2,2H3/b28-17+;. The van der Waals surface area contributed by atoms with Crippen molar-refractivity contribution >= 4 is 17.5 Å². The van der Waals surface area contributed by atoms with E-state index < -0.39 is 5.95 Å². The van der Waals surface area contributed by atoms with Gasteiger partial charge < -0.3 is 5.21 Å². The van der Waals surface area contributed by atoms with Crippen LogP contribution in [-0.4, -0.2) is 22.1 Å². The molecule has 5 heteroatoms. The van der Waals surface area contributed by atoms with Crippen molar-refractivity contribution in [1.29, 1.82) is 0 Å². The molecule has 0 aliphatic heterocycles. The molecular weight excluding hydrogens is 425 g/mol. The lowest BCUT2D eigenvalue weighted by atomic mass is 9.46. The van der Waals surface area contributed by atoms with Crippen LogP contribution in [0, 0.1) is 34.5 Å². The van der Waals surface area contributed by atoms with Gasteiger partial charge in [-0.15, -0.1) is 0 Å². The second-order valence-corrected chi connectivity index (χ2v) is 10.5. The van der Waals surface area contributed by atoms with Gasteiger partial charge in [0, 0.05) is 24.0 Å². The minimum absolute atomic E-state index is 0.0182. The SMILES string of the molecule is C=CN=CC.CC1CC2C3=CC=C(c4ccc(F)nc4)C3(C)CCC2C2(C)CC/C(=N\O)C=C12. The van der Waals surface area contributed by atoms with Gasteiger partial charge in [0.05, 0.1) is 5.71 Å². The molecule has 1 heterocycles. The van der Waals surface area contributed by atoms with E-state index in [-0.39, 0.29) is 10.8 Å². The van der Waals surface area contributed by atoms with Crippen LogP contribution in [0.1, 0.15) is 65.4 Å². The highest BCUT2D eigenvalue weighted by Gasteiger charge is 2.56. The van der Waals surface area contributed by atoms with Gasteiger partial charge in [-0.05, 0) is 91.5 Å². The summed E-state index contributed by atoms with van der Waals surface area (Å²) in [4.78, 5) is 7.51. The molecule has 2 saturated carbocycles. The molecule has 4 aliphatic carbocycles. The van der Waals surface area contributed by atoms with Gasteiger partial charge in [0.2, 0.25) is 5.95 Å². The van der Waals surface area contributed by atoms with E-state index in [1.807, 2.05) is 13.0 Å². The first-order chi connectivity index (χ1) is 16.3. The molecule has 0 saturated heterocycles. The van der Waals surface area contributed by atoms with Crippen LogP contribution in [0.4, 0.5) is 4.39 Å². The number of halogens is 1. The molecule has 0 bridgehead atoms. The van der Waals surface area contributed by atoms with Crippen LogP contribution in [0.15, 0.2) is 70.6 Å². The van der Waals surface area contributed by atoms with Gasteiger partial charge in [0.25, 0.3) is 0 Å². The van der Waals surface area contributed by atoms with E-state index in [0.29, 0.717) is 17.8 Å². The summed E-state index contributed by atoms with van der Waals surface area (Å²) in [6.07, 6.45) is 17.0. The van der Waals surface area contributed by atoms with E-state index in [1.54, 1.807) is 18.0 Å². The number of pyridine rings is 1. The van der Waals surface area contributed by atoms with Gasteiger partial charge in [0.15, 0.2) is 0 Å². The third-order valence-electron chi connectivity index (χ3n) is 8.76. The largest absolute Gasteiger partial charge is 0.411 e. The second-order valence-electron chi connectivity index (χ2n) is 10.5. The third-order valence-corrected chi connectivity index (χ3v) is 8.76. The Morgan fingerprint density at radius 2 is 2.00 bits per heavy atom. The molecule has 0 radical (unpaired) electrons. The Hall–Kier alpha value is -2.82. The van der Waals surface area contributed by atoms with E-state index in [2.05, 4.69) is 60.7 Å². The summed E-state index contributed by atoms with van der Waals surface area (Å²) in [5, 5.41) is 12.8. The normalized spacial score (nSPS) is 35.3. The van der Waals surface area contributed by atoms with Crippen molar-refractivity contribution in [3.63, 3.8) is 0 Å². The zero-order valence-electron chi connectivity index (χ0n) is 20.8. The molecule has 0 spiro atoms. The summed E-state index contributed by atoms with van der Waals surface area (Å²) >= 11 is 0. The zero-order chi connectivity index (χ0) is 24.5.